The number of ketones is 1. The highest BCUT2D eigenvalue weighted by molar-refractivity contribution is 6.19. The van der Waals surface area contributed by atoms with Crippen molar-refractivity contribution >= 4 is 28.4 Å². The van der Waals surface area contributed by atoms with Crippen LogP contribution in [0.3, 0.4) is 0 Å². The first-order valence-corrected chi connectivity index (χ1v) is 7.89. The number of anilines is 1. The van der Waals surface area contributed by atoms with Crippen LogP contribution in [0.2, 0.25) is 0 Å². The van der Waals surface area contributed by atoms with Gasteiger partial charge in [0.15, 0.2) is 11.7 Å². The molecule has 1 amide bonds. The van der Waals surface area contributed by atoms with Crippen molar-refractivity contribution in [2.24, 2.45) is 5.92 Å². The van der Waals surface area contributed by atoms with E-state index < -0.39 is 17.6 Å². The van der Waals surface area contributed by atoms with Crippen molar-refractivity contribution in [3.63, 3.8) is 0 Å². The monoisotopic (exact) mass is 332 g/mol. The molecule has 3 rings (SSSR count). The molecular weight excluding hydrogens is 316 g/mol. The Morgan fingerprint density at radius 3 is 2.68 bits per heavy atom. The summed E-state index contributed by atoms with van der Waals surface area (Å²) in [5, 5.41) is 12.6. The smallest absolute Gasteiger partial charge is 0.250 e. The number of rotatable bonds is 5. The zero-order valence-electron chi connectivity index (χ0n) is 13.6. The van der Waals surface area contributed by atoms with E-state index in [1.165, 1.54) is 6.20 Å². The van der Waals surface area contributed by atoms with E-state index in [4.69, 9.17) is 0 Å². The van der Waals surface area contributed by atoms with E-state index >= 15 is 0 Å². The second kappa shape index (κ2) is 6.97. The maximum atomic E-state index is 12.8. The summed E-state index contributed by atoms with van der Waals surface area (Å²) in [6.45, 7) is 2.65. The van der Waals surface area contributed by atoms with E-state index in [0.29, 0.717) is 17.9 Å². The number of hydrogen-bond donors (Lipinski definition) is 1. The number of nitriles is 1. The molecule has 0 aliphatic rings. The van der Waals surface area contributed by atoms with Gasteiger partial charge in [-0.3, -0.25) is 9.59 Å². The molecule has 2 heterocycles. The predicted octanol–water partition coefficient (Wildman–Crippen LogP) is 3.02. The van der Waals surface area contributed by atoms with Crippen molar-refractivity contribution in [2.75, 3.05) is 5.32 Å². The van der Waals surface area contributed by atoms with Gasteiger partial charge in [-0.1, -0.05) is 24.3 Å². The van der Waals surface area contributed by atoms with Crippen LogP contribution in [-0.4, -0.2) is 21.2 Å². The molecule has 124 valence electrons. The summed E-state index contributed by atoms with van der Waals surface area (Å²) < 4.78 is 1.92. The Bertz CT molecular complexity index is 970. The third kappa shape index (κ3) is 3.12. The minimum atomic E-state index is -1.43. The molecule has 1 aromatic carbocycles. The summed E-state index contributed by atoms with van der Waals surface area (Å²) >= 11 is 0. The highest BCUT2D eigenvalue weighted by atomic mass is 16.2. The molecule has 6 heteroatoms. The molecule has 3 aromatic rings. The molecule has 0 fully saturated rings. The Balaban J connectivity index is 1.93. The number of aryl methyl sites for hydroxylation is 1. The van der Waals surface area contributed by atoms with Crippen LogP contribution in [0.4, 0.5) is 5.82 Å². The highest BCUT2D eigenvalue weighted by Crippen LogP contribution is 2.24. The summed E-state index contributed by atoms with van der Waals surface area (Å²) in [6, 6.07) is 14.3. The number of carbonyl (C=O) groups excluding carboxylic acids is 2. The zero-order chi connectivity index (χ0) is 17.8. The standard InChI is InChI=1S/C19H16N4O2/c1-2-23-12-15(13-7-3-4-8-16(13)23)18(24)14(11-20)19(25)22-17-9-5-6-10-21-17/h3-10,12,14H,2H2,1H3,(H,21,22,25). The average molecular weight is 332 g/mol. The molecule has 0 radical (unpaired) electrons. The molecule has 25 heavy (non-hydrogen) atoms. The van der Waals surface area contributed by atoms with Crippen LogP contribution in [0, 0.1) is 17.2 Å². The third-order valence-corrected chi connectivity index (χ3v) is 3.96. The van der Waals surface area contributed by atoms with Crippen LogP contribution in [0.1, 0.15) is 17.3 Å². The van der Waals surface area contributed by atoms with Gasteiger partial charge in [-0.15, -0.1) is 0 Å². The Hall–Kier alpha value is -3.46. The number of hydrogen-bond acceptors (Lipinski definition) is 4. The van der Waals surface area contributed by atoms with E-state index in [-0.39, 0.29) is 0 Å². The fourth-order valence-electron chi connectivity index (χ4n) is 2.73. The van der Waals surface area contributed by atoms with Crippen molar-refractivity contribution in [3.05, 3.63) is 60.4 Å². The first-order chi connectivity index (χ1) is 12.2. The number of fused-ring (bicyclic) bond motifs is 1. The maximum absolute atomic E-state index is 12.8. The number of para-hydroxylation sites is 1. The Kier molecular flexibility index (Phi) is 4.57. The lowest BCUT2D eigenvalue weighted by Gasteiger charge is -2.08. The normalized spacial score (nSPS) is 11.7. The van der Waals surface area contributed by atoms with E-state index in [1.807, 2.05) is 41.8 Å². The van der Waals surface area contributed by atoms with Gasteiger partial charge in [-0.05, 0) is 25.1 Å². The molecule has 0 spiro atoms. The van der Waals surface area contributed by atoms with Gasteiger partial charge in [0.25, 0.3) is 5.91 Å². The molecule has 0 aliphatic heterocycles. The van der Waals surface area contributed by atoms with Gasteiger partial charge in [0, 0.05) is 35.4 Å². The lowest BCUT2D eigenvalue weighted by Crippen LogP contribution is -2.29. The summed E-state index contributed by atoms with van der Waals surface area (Å²) in [5.41, 5.74) is 1.27. The first-order valence-electron chi connectivity index (χ1n) is 7.89. The first kappa shape index (κ1) is 16.4. The van der Waals surface area contributed by atoms with Crippen LogP contribution in [0.15, 0.2) is 54.9 Å². The van der Waals surface area contributed by atoms with Crippen LogP contribution in [-0.2, 0) is 11.3 Å². The second-order valence-corrected chi connectivity index (χ2v) is 5.48. The van der Waals surface area contributed by atoms with Crippen LogP contribution >= 0.6 is 0 Å². The van der Waals surface area contributed by atoms with Gasteiger partial charge in [0.1, 0.15) is 5.82 Å². The topological polar surface area (TPSA) is 87.8 Å². The number of carbonyl (C=O) groups is 2. The quantitative estimate of drug-likeness (QED) is 0.574. The summed E-state index contributed by atoms with van der Waals surface area (Å²) in [7, 11) is 0. The number of aromatic nitrogens is 2. The molecule has 1 atom stereocenters. The van der Waals surface area contributed by atoms with Gasteiger partial charge < -0.3 is 9.88 Å². The molecule has 0 aliphatic carbocycles. The molecule has 1 N–H and O–H groups in total. The number of amides is 1. The minimum absolute atomic E-state index is 0.302. The van der Waals surface area contributed by atoms with Crippen LogP contribution < -0.4 is 5.32 Å². The molecule has 6 nitrogen and oxygen atoms in total. The van der Waals surface area contributed by atoms with Crippen LogP contribution in [0.5, 0.6) is 0 Å². The van der Waals surface area contributed by atoms with Gasteiger partial charge in [0.2, 0.25) is 0 Å². The summed E-state index contributed by atoms with van der Waals surface area (Å²) in [4.78, 5) is 29.2. The largest absolute Gasteiger partial charge is 0.347 e. The van der Waals surface area contributed by atoms with Crippen molar-refractivity contribution in [2.45, 2.75) is 13.5 Å². The number of nitrogens with zero attached hydrogens (tertiary/aromatic N) is 3. The average Bonchev–Trinajstić information content (AvgIpc) is 3.02. The minimum Gasteiger partial charge on any atom is -0.347 e. The predicted molar refractivity (Wildman–Crippen MR) is 93.9 cm³/mol. The SMILES string of the molecule is CCn1cc(C(=O)C(C#N)C(=O)Nc2ccccn2)c2ccccc21. The third-order valence-electron chi connectivity index (χ3n) is 3.96. The van der Waals surface area contributed by atoms with Crippen molar-refractivity contribution < 1.29 is 9.59 Å². The van der Waals surface area contributed by atoms with E-state index in [1.54, 1.807) is 24.4 Å². The lowest BCUT2D eigenvalue weighted by atomic mass is 9.97. The number of pyridine rings is 1. The summed E-state index contributed by atoms with van der Waals surface area (Å²) in [6.07, 6.45) is 3.22. The zero-order valence-corrected chi connectivity index (χ0v) is 13.6. The van der Waals surface area contributed by atoms with Crippen molar-refractivity contribution in [3.8, 4) is 6.07 Å². The van der Waals surface area contributed by atoms with E-state index in [9.17, 15) is 14.9 Å². The maximum Gasteiger partial charge on any atom is 0.250 e. The molecule has 2 aromatic heterocycles. The van der Waals surface area contributed by atoms with E-state index in [0.717, 1.165) is 10.9 Å². The fraction of sp³-hybridized carbons (Fsp3) is 0.158. The Labute approximate surface area is 144 Å². The van der Waals surface area contributed by atoms with Gasteiger partial charge in [0.05, 0.1) is 6.07 Å². The molecule has 1 unspecified atom stereocenters. The van der Waals surface area contributed by atoms with Gasteiger partial charge in [-0.2, -0.15) is 5.26 Å². The molecule has 0 bridgehead atoms. The Morgan fingerprint density at radius 2 is 2.00 bits per heavy atom. The highest BCUT2D eigenvalue weighted by Gasteiger charge is 2.30. The second-order valence-electron chi connectivity index (χ2n) is 5.48. The van der Waals surface area contributed by atoms with Gasteiger partial charge in [-0.25, -0.2) is 4.98 Å². The van der Waals surface area contributed by atoms with Crippen molar-refractivity contribution in [1.82, 2.24) is 9.55 Å². The van der Waals surface area contributed by atoms with Crippen molar-refractivity contribution in [1.29, 1.82) is 5.26 Å². The molecule has 0 saturated carbocycles. The Morgan fingerprint density at radius 1 is 1.24 bits per heavy atom. The summed E-state index contributed by atoms with van der Waals surface area (Å²) in [5.74, 6) is -2.33. The fourth-order valence-corrected chi connectivity index (χ4v) is 2.73. The van der Waals surface area contributed by atoms with Crippen LogP contribution in [0.25, 0.3) is 10.9 Å². The molecule has 0 saturated heterocycles. The lowest BCUT2D eigenvalue weighted by molar-refractivity contribution is -0.117. The van der Waals surface area contributed by atoms with E-state index in [2.05, 4.69) is 10.3 Å². The number of nitrogens with one attached hydrogen (secondary N) is 1. The number of Topliss-reactive ketones (excluding diaryl/α,β-unsaturated/α-hetero) is 1. The number of benzene rings is 1. The van der Waals surface area contributed by atoms with Gasteiger partial charge >= 0.3 is 0 Å². The molecular formula is C19H16N4O2.